The lowest BCUT2D eigenvalue weighted by molar-refractivity contribution is 0.100. The lowest BCUT2D eigenvalue weighted by Crippen LogP contribution is -2.27. The molecule has 0 bridgehead atoms. The third-order valence-corrected chi connectivity index (χ3v) is 4.17. The third kappa shape index (κ3) is 5.05. The fourth-order valence-corrected chi connectivity index (χ4v) is 1.91. The van der Waals surface area contributed by atoms with Crippen molar-refractivity contribution in [3.63, 3.8) is 0 Å². The lowest BCUT2D eigenvalue weighted by atomic mass is 10.1. The summed E-state index contributed by atoms with van der Waals surface area (Å²) in [5.41, 5.74) is 6.05. The Bertz CT molecular complexity index is 607. The molecule has 0 aliphatic rings. The van der Waals surface area contributed by atoms with Gasteiger partial charge in [-0.1, -0.05) is 6.92 Å². The van der Waals surface area contributed by atoms with Crippen molar-refractivity contribution in [1.29, 1.82) is 0 Å². The van der Waals surface area contributed by atoms with E-state index in [9.17, 15) is 13.2 Å². The molecular weight excluding hydrogens is 316 g/mol. The molecule has 1 atom stereocenters. The van der Waals surface area contributed by atoms with E-state index >= 15 is 0 Å². The maximum absolute atomic E-state index is 11.5. The van der Waals surface area contributed by atoms with E-state index in [0.717, 1.165) is 17.0 Å². The van der Waals surface area contributed by atoms with Crippen LogP contribution in [0.15, 0.2) is 12.3 Å². The highest BCUT2D eigenvalue weighted by Crippen LogP contribution is 2.21. The van der Waals surface area contributed by atoms with E-state index < -0.39 is 15.9 Å². The minimum Gasteiger partial charge on any atom is -0.381 e. The number of carbonyl (C=O) groups is 1. The fourth-order valence-electron chi connectivity index (χ4n) is 1.47. The summed E-state index contributed by atoms with van der Waals surface area (Å²) in [7, 11) is -2.08. The van der Waals surface area contributed by atoms with Crippen molar-refractivity contribution in [2.24, 2.45) is 5.73 Å². The largest absolute Gasteiger partial charge is 0.381 e. The van der Waals surface area contributed by atoms with Crippen LogP contribution in [0.2, 0.25) is 0 Å². The molecule has 0 fully saturated rings. The van der Waals surface area contributed by atoms with Gasteiger partial charge in [0, 0.05) is 13.1 Å². The molecule has 1 aromatic rings. The van der Waals surface area contributed by atoms with Gasteiger partial charge in [-0.2, -0.15) is 0 Å². The van der Waals surface area contributed by atoms with Gasteiger partial charge in [-0.25, -0.2) is 13.4 Å². The second-order valence-electron chi connectivity index (χ2n) is 4.64. The third-order valence-electron chi connectivity index (χ3n) is 2.99. The quantitative estimate of drug-likeness (QED) is 0.812. The van der Waals surface area contributed by atoms with Gasteiger partial charge in [0.1, 0.15) is 5.82 Å². The van der Waals surface area contributed by atoms with Crippen LogP contribution in [0.25, 0.3) is 0 Å². The molecule has 1 rings (SSSR count). The van der Waals surface area contributed by atoms with Crippen molar-refractivity contribution < 1.29 is 13.2 Å². The Morgan fingerprint density at radius 2 is 2.10 bits per heavy atom. The predicted molar refractivity (Wildman–Crippen MR) is 86.6 cm³/mol. The van der Waals surface area contributed by atoms with Gasteiger partial charge in [-0.15, -0.1) is 12.4 Å². The number of pyridine rings is 1. The van der Waals surface area contributed by atoms with Gasteiger partial charge in [0.05, 0.1) is 23.7 Å². The summed E-state index contributed by atoms with van der Waals surface area (Å²) < 4.78 is 23.9. The maximum Gasteiger partial charge on any atom is 0.250 e. The summed E-state index contributed by atoms with van der Waals surface area (Å²) in [6.07, 6.45) is 3.34. The van der Waals surface area contributed by atoms with E-state index in [2.05, 4.69) is 10.3 Å². The number of carbonyl (C=O) groups excluding carboxylic acids is 1. The zero-order valence-corrected chi connectivity index (χ0v) is 14.1. The first-order valence-corrected chi connectivity index (χ1v) is 8.02. The predicted octanol–water partition coefficient (Wildman–Crippen LogP) is 1.21. The monoisotopic (exact) mass is 336 g/mol. The summed E-state index contributed by atoms with van der Waals surface area (Å²) in [5, 5.41) is 3.12. The highest BCUT2D eigenvalue weighted by atomic mass is 35.5. The zero-order chi connectivity index (χ0) is 15.5. The van der Waals surface area contributed by atoms with Gasteiger partial charge < -0.3 is 11.1 Å². The summed E-state index contributed by atoms with van der Waals surface area (Å²) in [4.78, 5) is 15.6. The van der Waals surface area contributed by atoms with Gasteiger partial charge in [-0.05, 0) is 19.4 Å². The Hall–Kier alpha value is -1.54. The topological polar surface area (TPSA) is 105 Å². The smallest absolute Gasteiger partial charge is 0.250 e. The number of halogens is 1. The second kappa shape index (κ2) is 7.46. The first-order valence-electron chi connectivity index (χ1n) is 6.17. The van der Waals surface area contributed by atoms with Gasteiger partial charge in [0.15, 0.2) is 0 Å². The molecule has 0 saturated carbocycles. The number of rotatable bonds is 6. The fraction of sp³-hybridized carbons (Fsp3) is 0.500. The number of nitrogens with one attached hydrogen (secondary N) is 1. The summed E-state index contributed by atoms with van der Waals surface area (Å²) in [6.45, 7) is 3.96. The molecule has 0 aliphatic carbocycles. The number of nitrogens with two attached hydrogens (primary N) is 1. The molecule has 1 unspecified atom stereocenters. The van der Waals surface area contributed by atoms with E-state index in [0.29, 0.717) is 5.69 Å². The van der Waals surface area contributed by atoms with Crippen molar-refractivity contribution >= 4 is 39.8 Å². The molecule has 1 aromatic heterocycles. The molecule has 1 heterocycles. The van der Waals surface area contributed by atoms with Crippen LogP contribution >= 0.6 is 12.4 Å². The number of sulfonamides is 1. The van der Waals surface area contributed by atoms with Crippen LogP contribution in [-0.4, -0.2) is 38.7 Å². The average Bonchev–Trinajstić information content (AvgIpc) is 2.36. The van der Waals surface area contributed by atoms with Crippen LogP contribution in [0.3, 0.4) is 0 Å². The van der Waals surface area contributed by atoms with Gasteiger partial charge in [0.2, 0.25) is 10.0 Å². The van der Waals surface area contributed by atoms with E-state index in [1.54, 1.807) is 0 Å². The van der Waals surface area contributed by atoms with E-state index in [1.807, 2.05) is 13.8 Å². The molecule has 0 saturated heterocycles. The van der Waals surface area contributed by atoms with E-state index in [4.69, 9.17) is 5.73 Å². The van der Waals surface area contributed by atoms with Crippen molar-refractivity contribution in [2.75, 3.05) is 22.9 Å². The number of hydrogen-bond acceptors (Lipinski definition) is 5. The number of aromatic nitrogens is 1. The van der Waals surface area contributed by atoms with Crippen LogP contribution < -0.4 is 15.4 Å². The van der Waals surface area contributed by atoms with Crippen molar-refractivity contribution in [3.05, 3.63) is 17.8 Å². The molecule has 3 N–H and O–H groups in total. The molecule has 0 spiro atoms. The molecular formula is C12H21ClN4O3S. The molecule has 7 nitrogen and oxygen atoms in total. The molecule has 21 heavy (non-hydrogen) atoms. The van der Waals surface area contributed by atoms with Crippen molar-refractivity contribution in [2.45, 2.75) is 26.3 Å². The summed E-state index contributed by atoms with van der Waals surface area (Å²) >= 11 is 0. The molecule has 1 amide bonds. The highest BCUT2D eigenvalue weighted by molar-refractivity contribution is 7.92. The van der Waals surface area contributed by atoms with Crippen molar-refractivity contribution in [3.8, 4) is 0 Å². The second-order valence-corrected chi connectivity index (χ2v) is 6.65. The Morgan fingerprint density at radius 3 is 2.52 bits per heavy atom. The van der Waals surface area contributed by atoms with Crippen LogP contribution in [0, 0.1) is 0 Å². The van der Waals surface area contributed by atoms with Crippen LogP contribution in [0.5, 0.6) is 0 Å². The average molecular weight is 337 g/mol. The number of amides is 1. The van der Waals surface area contributed by atoms with Crippen LogP contribution in [0.4, 0.5) is 11.5 Å². The Kier molecular flexibility index (Phi) is 6.92. The number of primary amides is 1. The minimum atomic E-state index is -3.44. The van der Waals surface area contributed by atoms with Crippen LogP contribution in [0.1, 0.15) is 30.6 Å². The Labute approximate surface area is 131 Å². The van der Waals surface area contributed by atoms with E-state index in [1.165, 1.54) is 19.3 Å². The highest BCUT2D eigenvalue weighted by Gasteiger charge is 2.18. The molecule has 9 heteroatoms. The van der Waals surface area contributed by atoms with Gasteiger partial charge >= 0.3 is 0 Å². The summed E-state index contributed by atoms with van der Waals surface area (Å²) in [6, 6.07) is 1.52. The van der Waals surface area contributed by atoms with Gasteiger partial charge in [-0.3, -0.25) is 9.10 Å². The summed E-state index contributed by atoms with van der Waals surface area (Å²) in [5.74, 6) is -0.489. The zero-order valence-electron chi connectivity index (χ0n) is 12.5. The number of anilines is 2. The Morgan fingerprint density at radius 1 is 1.52 bits per heavy atom. The molecule has 0 aliphatic heterocycles. The van der Waals surface area contributed by atoms with Crippen LogP contribution in [-0.2, 0) is 10.0 Å². The maximum atomic E-state index is 11.5. The normalized spacial score (nSPS) is 12.2. The minimum absolute atomic E-state index is 0. The SMILES string of the molecule is CCC(C)Nc1cnc(N(C)S(C)(=O)=O)cc1C(N)=O.Cl. The molecule has 0 aromatic carbocycles. The number of hydrogen-bond donors (Lipinski definition) is 2. The first kappa shape index (κ1) is 19.5. The first-order chi connectivity index (χ1) is 9.16. The van der Waals surface area contributed by atoms with Crippen molar-refractivity contribution in [1.82, 2.24) is 4.98 Å². The van der Waals surface area contributed by atoms with Gasteiger partial charge in [0.25, 0.3) is 5.91 Å². The van der Waals surface area contributed by atoms with E-state index in [-0.39, 0.29) is 29.8 Å². The number of nitrogens with zero attached hydrogens (tertiary/aromatic N) is 2. The standard InChI is InChI=1S/C12H20N4O3S.ClH/c1-5-8(2)15-10-7-14-11(6-9(10)12(13)17)16(3)20(4,18)19;/h6-8,15H,5H2,1-4H3,(H2,13,17);1H. The lowest BCUT2D eigenvalue weighted by Gasteiger charge is -2.19. The molecule has 0 radical (unpaired) electrons. The Balaban J connectivity index is 0.00000400. The molecule has 120 valence electrons.